The first kappa shape index (κ1) is 38.9. The van der Waals surface area contributed by atoms with Gasteiger partial charge in [0, 0.05) is 6.04 Å². The molecule has 2 aliphatic rings. The molecular weight excluding hydrogens is 675 g/mol. The lowest BCUT2D eigenvalue weighted by molar-refractivity contribution is -0.832. The Morgan fingerprint density at radius 3 is 2.46 bits per heavy atom. The number of carbonyl (C=O) groups excluding carboxylic acids is 2. The van der Waals surface area contributed by atoms with Crippen LogP contribution in [0.3, 0.4) is 0 Å². The van der Waals surface area contributed by atoms with Crippen LogP contribution >= 0.6 is 7.60 Å². The minimum Gasteiger partial charge on any atom is -0.480 e. The average molecular weight is 719 g/mol. The average Bonchev–Trinajstić information content (AvgIpc) is 3.61. The molecule has 2 fully saturated rings. The first-order valence-electron chi connectivity index (χ1n) is 15.7. The highest BCUT2D eigenvalue weighted by Crippen LogP contribution is 2.40. The minimum absolute atomic E-state index is 0.00817. The highest BCUT2D eigenvalue weighted by Gasteiger charge is 2.48. The number of nitrogens with one attached hydrogen (secondary N) is 1. The summed E-state index contributed by atoms with van der Waals surface area (Å²) in [6, 6.07) is 5.12. The normalized spacial score (nSPS) is 20.5. The molecule has 1 aromatic carbocycles. The lowest BCUT2D eigenvalue weighted by Crippen LogP contribution is -2.55. The number of hydrogen-bond acceptors (Lipinski definition) is 12. The van der Waals surface area contributed by atoms with Gasteiger partial charge in [0.25, 0.3) is 9.84 Å². The lowest BCUT2D eigenvalue weighted by atomic mass is 9.84. The third kappa shape index (κ3) is 9.98. The first-order chi connectivity index (χ1) is 22.6. The zero-order valence-electron chi connectivity index (χ0n) is 27.0. The van der Waals surface area contributed by atoms with Gasteiger partial charge >= 0.3 is 30.4 Å². The van der Waals surface area contributed by atoms with Gasteiger partial charge in [-0.1, -0.05) is 44.4 Å². The molecule has 1 amide bonds. The van der Waals surface area contributed by atoms with Crippen LogP contribution in [0.5, 0.6) is 5.88 Å². The van der Waals surface area contributed by atoms with Crippen molar-refractivity contribution < 1.29 is 61.3 Å². The molecule has 1 saturated carbocycles. The molecule has 268 valence electrons. The van der Waals surface area contributed by atoms with Crippen LogP contribution in [0.2, 0.25) is 0 Å². The molecular formula is C29H43N4O13PS. The Morgan fingerprint density at radius 1 is 1.19 bits per heavy atom. The highest BCUT2D eigenvalue weighted by atomic mass is 32.2. The number of fused-ring (bicyclic) bond motifs is 1. The molecule has 0 bridgehead atoms. The zero-order chi connectivity index (χ0) is 35.6. The Kier molecular flexibility index (Phi) is 13.9. The maximum Gasteiger partial charge on any atom is 0.414 e. The smallest absolute Gasteiger partial charge is 0.414 e. The van der Waals surface area contributed by atoms with Crippen molar-refractivity contribution in [3.8, 4) is 5.88 Å². The van der Waals surface area contributed by atoms with E-state index in [0.29, 0.717) is 19.4 Å². The van der Waals surface area contributed by atoms with Gasteiger partial charge in [-0.2, -0.15) is 0 Å². The summed E-state index contributed by atoms with van der Waals surface area (Å²) in [6.45, 7) is 5.18. The number of aromatic nitrogens is 2. The summed E-state index contributed by atoms with van der Waals surface area (Å²) < 4.78 is 49.5. The molecule has 1 aliphatic carbocycles. The molecule has 2 aromatic rings. The Morgan fingerprint density at radius 2 is 1.85 bits per heavy atom. The van der Waals surface area contributed by atoms with Crippen molar-refractivity contribution in [1.29, 1.82) is 0 Å². The van der Waals surface area contributed by atoms with Crippen molar-refractivity contribution in [1.82, 2.24) is 15.4 Å². The number of amides is 1. The van der Waals surface area contributed by atoms with Crippen LogP contribution in [0, 0.1) is 11.1 Å². The third-order valence-electron chi connectivity index (χ3n) is 8.07. The van der Waals surface area contributed by atoms with E-state index in [2.05, 4.69) is 15.1 Å². The fourth-order valence-electron chi connectivity index (χ4n) is 5.90. The van der Waals surface area contributed by atoms with Crippen LogP contribution in [-0.4, -0.2) is 94.8 Å². The monoisotopic (exact) mass is 718 g/mol. The van der Waals surface area contributed by atoms with Crippen molar-refractivity contribution in [2.75, 3.05) is 19.4 Å². The number of carboxylic acids is 1. The number of sulfone groups is 1. The predicted octanol–water partition coefficient (Wildman–Crippen LogP) is 1.64. The summed E-state index contributed by atoms with van der Waals surface area (Å²) in [5, 5.41) is 26.4. The van der Waals surface area contributed by atoms with Crippen LogP contribution in [0.25, 0.3) is 0 Å². The second-order valence-electron chi connectivity index (χ2n) is 11.5. The Hall–Kier alpha value is -3.57. The van der Waals surface area contributed by atoms with E-state index < -0.39 is 65.2 Å². The summed E-state index contributed by atoms with van der Waals surface area (Å²) >= 11 is 0. The summed E-state index contributed by atoms with van der Waals surface area (Å²) in [4.78, 5) is 55.4. The molecule has 0 radical (unpaired) electrons. The molecule has 0 spiro atoms. The van der Waals surface area contributed by atoms with E-state index in [4.69, 9.17) is 19.3 Å². The molecule has 19 heteroatoms. The van der Waals surface area contributed by atoms with E-state index in [0.717, 1.165) is 32.1 Å². The van der Waals surface area contributed by atoms with Gasteiger partial charge in [-0.05, 0) is 62.5 Å². The third-order valence-corrected chi connectivity index (χ3v) is 10.6. The SMILES string of the molecule is CCC[C@H](N[C@@H](C)C(=O)N1[C@H](C(=O)O)C[C@@H]2CCCC[C@@H]21)C(=O)OCC.O=P(O)(O)CCOc1no[n+]([O-])c1S(=O)(=O)c1ccccc1. The van der Waals surface area contributed by atoms with E-state index in [1.807, 2.05) is 6.92 Å². The minimum atomic E-state index is -4.33. The van der Waals surface area contributed by atoms with Gasteiger partial charge in [-0.25, -0.2) is 13.2 Å². The number of esters is 1. The molecule has 4 rings (SSSR count). The van der Waals surface area contributed by atoms with Crippen LogP contribution in [0.15, 0.2) is 44.9 Å². The van der Waals surface area contributed by atoms with E-state index in [1.54, 1.807) is 24.8 Å². The number of rotatable bonds is 14. The fraction of sp³-hybridized carbons (Fsp3) is 0.621. The van der Waals surface area contributed by atoms with Crippen molar-refractivity contribution in [2.24, 2.45) is 5.92 Å². The summed E-state index contributed by atoms with van der Waals surface area (Å²) in [6.07, 6.45) is 5.21. The molecule has 48 heavy (non-hydrogen) atoms. The highest BCUT2D eigenvalue weighted by molar-refractivity contribution is 7.91. The number of ether oxygens (including phenoxy) is 2. The molecule has 0 unspecified atom stereocenters. The van der Waals surface area contributed by atoms with Gasteiger partial charge in [0.1, 0.15) is 18.7 Å². The number of hydrogen-bond donors (Lipinski definition) is 4. The maximum absolute atomic E-state index is 13.1. The van der Waals surface area contributed by atoms with E-state index in [-0.39, 0.29) is 33.6 Å². The van der Waals surface area contributed by atoms with Crippen LogP contribution in [-0.2, 0) is 33.5 Å². The van der Waals surface area contributed by atoms with E-state index in [9.17, 15) is 37.7 Å². The number of nitrogens with zero attached hydrogens (tertiary/aromatic N) is 3. The van der Waals surface area contributed by atoms with Gasteiger partial charge in [-0.15, -0.1) is 0 Å². The number of aliphatic carboxylic acids is 1. The summed E-state index contributed by atoms with van der Waals surface area (Å²) in [5.74, 6) is -1.90. The quantitative estimate of drug-likeness (QED) is 0.123. The maximum atomic E-state index is 13.1. The molecule has 17 nitrogen and oxygen atoms in total. The van der Waals surface area contributed by atoms with Gasteiger partial charge in [0.15, 0.2) is 0 Å². The van der Waals surface area contributed by atoms with Gasteiger partial charge in [0.2, 0.25) is 5.91 Å². The standard InChI is InChI=1S/C19H32N2O5.C10H11N2O8PS/c1-4-8-14(19(25)26-5-2)20-12(3)17(22)21-15-10-7-6-9-13(15)11-16(21)18(23)24;13-12-10(22(17,18)8-4-2-1-3-5-8)9(11-20-12)19-6-7-21(14,15)16/h12-16,20H,4-11H2,1-3H3,(H,23,24);1-5H,6-7H2,(H2,14,15,16)/t12-,13-,14-,15-,16-;/m0./s1. The van der Waals surface area contributed by atoms with Crippen LogP contribution < -0.4 is 15.0 Å². The fourth-order valence-corrected chi connectivity index (χ4v) is 7.52. The predicted molar refractivity (Wildman–Crippen MR) is 166 cm³/mol. The second-order valence-corrected chi connectivity index (χ2v) is 15.2. The number of carbonyl (C=O) groups is 3. The van der Waals surface area contributed by atoms with Gasteiger partial charge in [0.05, 0.1) is 28.9 Å². The Bertz CT molecular complexity index is 1550. The topological polar surface area (TPSA) is 250 Å². The molecule has 5 atom stereocenters. The van der Waals surface area contributed by atoms with Gasteiger partial charge in [-0.3, -0.25) is 24.1 Å². The number of benzene rings is 1. The Balaban J connectivity index is 0.000000264. The molecule has 1 aliphatic heterocycles. The second kappa shape index (κ2) is 17.2. The largest absolute Gasteiger partial charge is 0.480 e. The van der Waals surface area contributed by atoms with Gasteiger partial charge < -0.3 is 34.5 Å². The Labute approximate surface area is 278 Å². The van der Waals surface area contributed by atoms with E-state index in [1.165, 1.54) is 24.3 Å². The molecule has 1 aromatic heterocycles. The van der Waals surface area contributed by atoms with Crippen LogP contribution in [0.4, 0.5) is 0 Å². The summed E-state index contributed by atoms with van der Waals surface area (Å²) in [5.41, 5.74) is 0. The zero-order valence-corrected chi connectivity index (χ0v) is 28.7. The summed E-state index contributed by atoms with van der Waals surface area (Å²) in [7, 11) is -8.58. The number of likely N-dealkylation sites (tertiary alicyclic amines) is 1. The van der Waals surface area contributed by atoms with Crippen LogP contribution in [0.1, 0.15) is 65.7 Å². The van der Waals surface area contributed by atoms with Crippen molar-refractivity contribution in [3.05, 3.63) is 35.5 Å². The molecule has 4 N–H and O–H groups in total. The molecule has 2 heterocycles. The molecule has 1 saturated heterocycles. The lowest BCUT2D eigenvalue weighted by Gasteiger charge is -2.35. The van der Waals surface area contributed by atoms with Crippen molar-refractivity contribution in [3.63, 3.8) is 0 Å². The van der Waals surface area contributed by atoms with Crippen molar-refractivity contribution >= 4 is 35.3 Å². The van der Waals surface area contributed by atoms with E-state index >= 15 is 0 Å². The number of carboxylic acid groups (broad SMARTS) is 1. The van der Waals surface area contributed by atoms with Crippen molar-refractivity contribution in [2.45, 2.75) is 99.8 Å². The first-order valence-corrected chi connectivity index (χ1v) is 18.9.